The second-order valence-electron chi connectivity index (χ2n) is 10.2. The highest BCUT2D eigenvalue weighted by atomic mass is 16.5. The molecule has 1 aliphatic rings. The van der Waals surface area contributed by atoms with Crippen LogP contribution in [0.2, 0.25) is 0 Å². The van der Waals surface area contributed by atoms with Gasteiger partial charge in [-0.05, 0) is 50.0 Å². The third-order valence-electron chi connectivity index (χ3n) is 7.59. The molecule has 1 amide bonds. The van der Waals surface area contributed by atoms with E-state index >= 15 is 0 Å². The molecule has 3 aromatic carbocycles. The predicted octanol–water partition coefficient (Wildman–Crippen LogP) is 5.86. The zero-order valence-corrected chi connectivity index (χ0v) is 23.0. The van der Waals surface area contributed by atoms with Gasteiger partial charge in [-0.15, -0.1) is 0 Å². The lowest BCUT2D eigenvalue weighted by Gasteiger charge is -2.39. The van der Waals surface area contributed by atoms with Gasteiger partial charge in [0.15, 0.2) is 0 Å². The van der Waals surface area contributed by atoms with Crippen molar-refractivity contribution in [1.29, 1.82) is 0 Å². The highest BCUT2D eigenvalue weighted by Gasteiger charge is 2.28. The van der Waals surface area contributed by atoms with E-state index in [0.29, 0.717) is 13.0 Å². The molecular weight excluding hydrogens is 470 g/mol. The van der Waals surface area contributed by atoms with E-state index in [-0.39, 0.29) is 18.1 Å². The molecule has 0 bridgehead atoms. The molecule has 1 fully saturated rings. The van der Waals surface area contributed by atoms with Crippen molar-refractivity contribution in [3.63, 3.8) is 0 Å². The molecule has 38 heavy (non-hydrogen) atoms. The first-order valence-corrected chi connectivity index (χ1v) is 14.2. The Labute approximate surface area is 228 Å². The summed E-state index contributed by atoms with van der Waals surface area (Å²) in [6.07, 6.45) is 4.44. The number of likely N-dealkylation sites (tertiary alicyclic amines) is 1. The average Bonchev–Trinajstić information content (AvgIpc) is 2.98. The molecule has 1 N–H and O–H groups in total. The lowest BCUT2D eigenvalue weighted by Crippen LogP contribution is -2.47. The van der Waals surface area contributed by atoms with Gasteiger partial charge in [-0.3, -0.25) is 4.79 Å². The summed E-state index contributed by atoms with van der Waals surface area (Å²) in [5, 5.41) is 3.25. The van der Waals surface area contributed by atoms with Crippen molar-refractivity contribution in [2.24, 2.45) is 0 Å². The minimum Gasteiger partial charge on any atom is -0.485 e. The Bertz CT molecular complexity index is 1100. The van der Waals surface area contributed by atoms with E-state index in [4.69, 9.17) is 4.74 Å². The Balaban J connectivity index is 1.42. The third kappa shape index (κ3) is 7.92. The Hall–Kier alpha value is -3.15. The van der Waals surface area contributed by atoms with Crippen LogP contribution >= 0.6 is 0 Å². The number of hydrogen-bond acceptors (Lipinski definition) is 4. The van der Waals surface area contributed by atoms with Crippen LogP contribution in [0, 0.1) is 0 Å². The van der Waals surface area contributed by atoms with Crippen LogP contribution < -0.4 is 10.1 Å². The Morgan fingerprint density at radius 3 is 2.32 bits per heavy atom. The zero-order chi connectivity index (χ0) is 26.6. The number of nitrogens with zero attached hydrogens (tertiary/aromatic N) is 2. The summed E-state index contributed by atoms with van der Waals surface area (Å²) >= 11 is 0. The number of ether oxygens (including phenoxy) is 1. The van der Waals surface area contributed by atoms with E-state index in [0.717, 1.165) is 63.2 Å². The number of amides is 1. The summed E-state index contributed by atoms with van der Waals surface area (Å²) in [6, 6.07) is 29.6. The molecule has 0 radical (unpaired) electrons. The van der Waals surface area contributed by atoms with E-state index in [9.17, 15) is 4.79 Å². The Morgan fingerprint density at radius 2 is 1.63 bits per heavy atom. The lowest BCUT2D eigenvalue weighted by atomic mass is 10.0. The molecule has 1 atom stereocenters. The van der Waals surface area contributed by atoms with E-state index in [1.165, 1.54) is 11.1 Å². The van der Waals surface area contributed by atoms with Crippen LogP contribution in [-0.4, -0.2) is 55.0 Å². The van der Waals surface area contributed by atoms with Crippen LogP contribution in [0.3, 0.4) is 0 Å². The maximum Gasteiger partial charge on any atom is 0.222 e. The van der Waals surface area contributed by atoms with Crippen molar-refractivity contribution in [3.05, 3.63) is 102 Å². The van der Waals surface area contributed by atoms with Gasteiger partial charge in [0.25, 0.3) is 0 Å². The smallest absolute Gasteiger partial charge is 0.222 e. The van der Waals surface area contributed by atoms with Crippen LogP contribution in [-0.2, 0) is 17.8 Å². The minimum atomic E-state index is -0.0482. The molecule has 0 spiro atoms. The number of carbonyl (C=O) groups excluding carboxylic acids is 1. The van der Waals surface area contributed by atoms with Crippen molar-refractivity contribution in [1.82, 2.24) is 15.1 Å². The van der Waals surface area contributed by atoms with Gasteiger partial charge in [-0.2, -0.15) is 0 Å². The third-order valence-corrected chi connectivity index (χ3v) is 7.59. The quantitative estimate of drug-likeness (QED) is 0.311. The van der Waals surface area contributed by atoms with E-state index < -0.39 is 0 Å². The zero-order valence-electron chi connectivity index (χ0n) is 23.0. The molecule has 3 aromatic rings. The molecule has 0 aliphatic carbocycles. The molecule has 5 nitrogen and oxygen atoms in total. The minimum absolute atomic E-state index is 0.0482. The van der Waals surface area contributed by atoms with Crippen LogP contribution in [0.4, 0.5) is 0 Å². The summed E-state index contributed by atoms with van der Waals surface area (Å²) in [5.41, 5.74) is 3.63. The second-order valence-corrected chi connectivity index (χ2v) is 10.2. The number of para-hydroxylation sites is 1. The Kier molecular flexibility index (Phi) is 10.8. The van der Waals surface area contributed by atoms with E-state index in [1.54, 1.807) is 0 Å². The fourth-order valence-electron chi connectivity index (χ4n) is 5.33. The highest BCUT2D eigenvalue weighted by molar-refractivity contribution is 5.76. The first-order valence-electron chi connectivity index (χ1n) is 14.2. The molecule has 4 rings (SSSR count). The molecule has 0 aromatic heterocycles. The van der Waals surface area contributed by atoms with Crippen molar-refractivity contribution in [2.45, 2.75) is 57.7 Å². The SMILES string of the molecule is CCC(=O)N(Cc1ccccc1OC(CCNC)c1ccccc1)C1CCN(CCc2ccccc2)CC1. The summed E-state index contributed by atoms with van der Waals surface area (Å²) in [6.45, 7) is 6.56. The van der Waals surface area contributed by atoms with Crippen LogP contribution in [0.15, 0.2) is 84.9 Å². The predicted molar refractivity (Wildman–Crippen MR) is 155 cm³/mol. The van der Waals surface area contributed by atoms with Crippen LogP contribution in [0.25, 0.3) is 0 Å². The van der Waals surface area contributed by atoms with Crippen molar-refractivity contribution < 1.29 is 9.53 Å². The molecular formula is C33H43N3O2. The van der Waals surface area contributed by atoms with Gasteiger partial charge in [0.05, 0.1) is 0 Å². The maximum atomic E-state index is 13.2. The van der Waals surface area contributed by atoms with Crippen LogP contribution in [0.1, 0.15) is 55.4 Å². The first-order chi connectivity index (χ1) is 18.7. The largest absolute Gasteiger partial charge is 0.485 e. The van der Waals surface area contributed by atoms with Gasteiger partial charge >= 0.3 is 0 Å². The van der Waals surface area contributed by atoms with Crippen molar-refractivity contribution in [2.75, 3.05) is 33.2 Å². The number of nitrogens with one attached hydrogen (secondary N) is 1. The molecule has 1 aliphatic heterocycles. The topological polar surface area (TPSA) is 44.8 Å². The summed E-state index contributed by atoms with van der Waals surface area (Å²) in [4.78, 5) is 17.8. The van der Waals surface area contributed by atoms with Gasteiger partial charge < -0.3 is 19.9 Å². The molecule has 5 heteroatoms. The van der Waals surface area contributed by atoms with E-state index in [1.807, 2.05) is 38.2 Å². The summed E-state index contributed by atoms with van der Waals surface area (Å²) < 4.78 is 6.64. The fourth-order valence-corrected chi connectivity index (χ4v) is 5.33. The van der Waals surface area contributed by atoms with Gasteiger partial charge in [0.2, 0.25) is 5.91 Å². The molecule has 1 saturated heterocycles. The van der Waals surface area contributed by atoms with Gasteiger partial charge in [-0.25, -0.2) is 0 Å². The number of piperidine rings is 1. The van der Waals surface area contributed by atoms with Crippen molar-refractivity contribution in [3.8, 4) is 5.75 Å². The number of rotatable bonds is 13. The van der Waals surface area contributed by atoms with Gasteiger partial charge in [-0.1, -0.05) is 85.8 Å². The molecule has 1 unspecified atom stereocenters. The maximum absolute atomic E-state index is 13.2. The standard InChI is InChI=1S/C33H43N3O2/c1-3-33(37)36(30-20-24-35(25-21-30)23-19-27-12-6-4-7-13-27)26-29-16-10-11-17-31(29)38-32(18-22-34-2)28-14-8-5-9-15-28/h4-17,30,32,34H,3,18-26H2,1-2H3. The normalized spacial score (nSPS) is 15.2. The summed E-state index contributed by atoms with van der Waals surface area (Å²) in [5.74, 6) is 1.09. The second kappa shape index (κ2) is 14.7. The van der Waals surface area contributed by atoms with Gasteiger partial charge in [0, 0.05) is 50.6 Å². The number of benzene rings is 3. The lowest BCUT2D eigenvalue weighted by molar-refractivity contribution is -0.135. The monoisotopic (exact) mass is 513 g/mol. The van der Waals surface area contributed by atoms with Gasteiger partial charge in [0.1, 0.15) is 11.9 Å². The average molecular weight is 514 g/mol. The number of hydrogen-bond donors (Lipinski definition) is 1. The van der Waals surface area contributed by atoms with Crippen LogP contribution in [0.5, 0.6) is 5.75 Å². The molecule has 0 saturated carbocycles. The molecule has 202 valence electrons. The van der Waals surface area contributed by atoms with E-state index in [2.05, 4.69) is 75.8 Å². The fraction of sp³-hybridized carbons (Fsp3) is 0.424. The first kappa shape index (κ1) is 27.9. The highest BCUT2D eigenvalue weighted by Crippen LogP contribution is 2.30. The molecule has 1 heterocycles. The summed E-state index contributed by atoms with van der Waals surface area (Å²) in [7, 11) is 1.97. The van der Waals surface area contributed by atoms with Crippen molar-refractivity contribution >= 4 is 5.91 Å². The Morgan fingerprint density at radius 1 is 0.974 bits per heavy atom. The number of carbonyl (C=O) groups is 1.